The Morgan fingerprint density at radius 1 is 1.12 bits per heavy atom. The smallest absolute Gasteiger partial charge is 0.387 e. The van der Waals surface area contributed by atoms with Crippen LogP contribution in [-0.4, -0.2) is 19.6 Å². The number of hydrogen-bond donors (Lipinski definition) is 2. The summed E-state index contributed by atoms with van der Waals surface area (Å²) in [6.07, 6.45) is 0. The van der Waals surface area contributed by atoms with E-state index in [1.807, 2.05) is 18.2 Å². The lowest BCUT2D eigenvalue weighted by Gasteiger charge is -2.14. The van der Waals surface area contributed by atoms with Crippen LogP contribution >= 0.6 is 35.6 Å². The van der Waals surface area contributed by atoms with Crippen molar-refractivity contribution in [3.8, 4) is 5.75 Å². The summed E-state index contributed by atoms with van der Waals surface area (Å²) >= 11 is 5.95. The van der Waals surface area contributed by atoms with Gasteiger partial charge in [0.2, 0.25) is 0 Å². The van der Waals surface area contributed by atoms with Crippen molar-refractivity contribution in [3.05, 3.63) is 64.7 Å². The Hall–Kier alpha value is -1.61. The summed E-state index contributed by atoms with van der Waals surface area (Å²) in [6, 6.07) is 14.1. The van der Waals surface area contributed by atoms with Crippen LogP contribution in [0, 0.1) is 0 Å². The predicted molar refractivity (Wildman–Crippen MR) is 107 cm³/mol. The number of aliphatic imine (C=N–C) groups is 1. The standard InChI is InChI=1S/C17H18ClF2N3O.HI/c1-21-17(22-10-12-5-4-7-14(18)9-12)23-11-13-6-2-3-8-15(13)24-16(19)20;/h2-9,16H,10-11H2,1H3,(H2,21,22,23);1H. The van der Waals surface area contributed by atoms with Crippen molar-refractivity contribution in [2.24, 2.45) is 4.99 Å². The van der Waals surface area contributed by atoms with E-state index >= 15 is 0 Å². The molecule has 0 atom stereocenters. The van der Waals surface area contributed by atoms with E-state index in [0.29, 0.717) is 29.6 Å². The zero-order chi connectivity index (χ0) is 17.4. The van der Waals surface area contributed by atoms with E-state index in [9.17, 15) is 8.78 Å². The highest BCUT2D eigenvalue weighted by Gasteiger charge is 2.09. The van der Waals surface area contributed by atoms with Crippen LogP contribution in [0.15, 0.2) is 53.5 Å². The molecule has 0 amide bonds. The first-order valence-corrected chi connectivity index (χ1v) is 7.68. The van der Waals surface area contributed by atoms with E-state index < -0.39 is 6.61 Å². The van der Waals surface area contributed by atoms with Crippen LogP contribution in [0.25, 0.3) is 0 Å². The van der Waals surface area contributed by atoms with Crippen molar-refractivity contribution in [1.82, 2.24) is 10.6 Å². The number of hydrogen-bond acceptors (Lipinski definition) is 2. The molecule has 0 aliphatic heterocycles. The molecule has 0 bridgehead atoms. The maximum atomic E-state index is 12.4. The summed E-state index contributed by atoms with van der Waals surface area (Å²) in [4.78, 5) is 4.10. The lowest BCUT2D eigenvalue weighted by molar-refractivity contribution is -0.0504. The van der Waals surface area contributed by atoms with Gasteiger partial charge in [-0.05, 0) is 23.8 Å². The first-order valence-electron chi connectivity index (χ1n) is 7.30. The molecule has 0 unspecified atom stereocenters. The Morgan fingerprint density at radius 2 is 1.84 bits per heavy atom. The van der Waals surface area contributed by atoms with Gasteiger partial charge in [0, 0.05) is 30.7 Å². The summed E-state index contributed by atoms with van der Waals surface area (Å²) in [5.74, 6) is 0.687. The molecule has 136 valence electrons. The quantitative estimate of drug-likeness (QED) is 0.365. The molecule has 0 aromatic heterocycles. The summed E-state index contributed by atoms with van der Waals surface area (Å²) in [5.41, 5.74) is 1.62. The third-order valence-electron chi connectivity index (χ3n) is 3.21. The Balaban J connectivity index is 0.00000312. The minimum Gasteiger partial charge on any atom is -0.434 e. The van der Waals surface area contributed by atoms with Gasteiger partial charge in [0.25, 0.3) is 0 Å². The van der Waals surface area contributed by atoms with Crippen LogP contribution in [0.2, 0.25) is 5.02 Å². The highest BCUT2D eigenvalue weighted by atomic mass is 127. The average molecular weight is 482 g/mol. The van der Waals surface area contributed by atoms with Crippen molar-refractivity contribution < 1.29 is 13.5 Å². The van der Waals surface area contributed by atoms with Crippen molar-refractivity contribution in [2.75, 3.05) is 7.05 Å². The molecule has 0 spiro atoms. The van der Waals surface area contributed by atoms with Crippen LogP contribution in [0.3, 0.4) is 0 Å². The molecule has 2 rings (SSSR count). The first-order chi connectivity index (χ1) is 11.6. The van der Waals surface area contributed by atoms with E-state index in [2.05, 4.69) is 20.4 Å². The van der Waals surface area contributed by atoms with Crippen molar-refractivity contribution in [3.63, 3.8) is 0 Å². The van der Waals surface area contributed by atoms with E-state index in [0.717, 1.165) is 5.56 Å². The molecule has 0 heterocycles. The van der Waals surface area contributed by atoms with E-state index in [4.69, 9.17) is 11.6 Å². The molecule has 25 heavy (non-hydrogen) atoms. The largest absolute Gasteiger partial charge is 0.434 e. The van der Waals surface area contributed by atoms with Gasteiger partial charge in [-0.3, -0.25) is 4.99 Å². The number of alkyl halides is 2. The third kappa shape index (κ3) is 7.43. The SMILES string of the molecule is CN=C(NCc1cccc(Cl)c1)NCc1ccccc1OC(F)F.I. The highest BCUT2D eigenvalue weighted by Crippen LogP contribution is 2.19. The molecule has 0 radical (unpaired) electrons. The molecule has 2 aromatic carbocycles. The summed E-state index contributed by atoms with van der Waals surface area (Å²) < 4.78 is 29.3. The first kappa shape index (κ1) is 21.4. The molecule has 2 N–H and O–H groups in total. The summed E-state index contributed by atoms with van der Waals surface area (Å²) in [7, 11) is 1.63. The van der Waals surface area contributed by atoms with Crippen molar-refractivity contribution in [1.29, 1.82) is 0 Å². The molecule has 0 aliphatic carbocycles. The number of rotatable bonds is 6. The van der Waals surface area contributed by atoms with Crippen LogP contribution in [0.5, 0.6) is 5.75 Å². The van der Waals surface area contributed by atoms with Crippen LogP contribution in [-0.2, 0) is 13.1 Å². The van der Waals surface area contributed by atoms with E-state index in [1.54, 1.807) is 31.3 Å². The van der Waals surface area contributed by atoms with E-state index in [1.165, 1.54) is 6.07 Å². The predicted octanol–water partition coefficient (Wildman–Crippen LogP) is 4.42. The monoisotopic (exact) mass is 481 g/mol. The zero-order valence-electron chi connectivity index (χ0n) is 13.5. The molecular formula is C17H19ClF2IN3O. The Morgan fingerprint density at radius 3 is 2.52 bits per heavy atom. The molecule has 0 saturated heterocycles. The van der Waals surface area contributed by atoms with Gasteiger partial charge in [0.1, 0.15) is 5.75 Å². The number of guanidine groups is 1. The number of nitrogens with zero attached hydrogens (tertiary/aromatic N) is 1. The van der Waals surface area contributed by atoms with Gasteiger partial charge in [-0.25, -0.2) is 0 Å². The second-order valence-corrected chi connectivity index (χ2v) is 5.33. The summed E-state index contributed by atoms with van der Waals surface area (Å²) in [6.45, 7) is -2.01. The van der Waals surface area contributed by atoms with Gasteiger partial charge < -0.3 is 15.4 Å². The summed E-state index contributed by atoms with van der Waals surface area (Å²) in [5, 5.41) is 6.86. The lowest BCUT2D eigenvalue weighted by atomic mass is 10.2. The Labute approximate surface area is 167 Å². The van der Waals surface area contributed by atoms with Crippen LogP contribution in [0.4, 0.5) is 8.78 Å². The lowest BCUT2D eigenvalue weighted by Crippen LogP contribution is -2.36. The number of benzene rings is 2. The minimum atomic E-state index is -2.86. The Bertz CT molecular complexity index is 701. The zero-order valence-corrected chi connectivity index (χ0v) is 16.6. The normalized spacial score (nSPS) is 11.0. The molecule has 0 aliphatic rings. The van der Waals surface area contributed by atoms with Crippen LogP contribution in [0.1, 0.15) is 11.1 Å². The molecule has 8 heteroatoms. The highest BCUT2D eigenvalue weighted by molar-refractivity contribution is 14.0. The molecule has 0 saturated carbocycles. The van der Waals surface area contributed by atoms with Gasteiger partial charge >= 0.3 is 6.61 Å². The fraction of sp³-hybridized carbons (Fsp3) is 0.235. The van der Waals surface area contributed by atoms with Gasteiger partial charge in [0.05, 0.1) is 0 Å². The third-order valence-corrected chi connectivity index (χ3v) is 3.44. The van der Waals surface area contributed by atoms with Gasteiger partial charge in [-0.2, -0.15) is 8.78 Å². The van der Waals surface area contributed by atoms with Crippen molar-refractivity contribution in [2.45, 2.75) is 19.7 Å². The van der Waals surface area contributed by atoms with Gasteiger partial charge in [0.15, 0.2) is 5.96 Å². The number of ether oxygens (including phenoxy) is 1. The molecule has 0 fully saturated rings. The molecular weight excluding hydrogens is 463 g/mol. The molecule has 4 nitrogen and oxygen atoms in total. The van der Waals surface area contributed by atoms with Crippen molar-refractivity contribution >= 4 is 41.5 Å². The van der Waals surface area contributed by atoms with Crippen LogP contribution < -0.4 is 15.4 Å². The fourth-order valence-electron chi connectivity index (χ4n) is 2.09. The second-order valence-electron chi connectivity index (χ2n) is 4.90. The number of nitrogens with one attached hydrogen (secondary N) is 2. The fourth-order valence-corrected chi connectivity index (χ4v) is 2.31. The van der Waals surface area contributed by atoms with E-state index in [-0.39, 0.29) is 29.7 Å². The Kier molecular flexibility index (Phi) is 9.51. The minimum absolute atomic E-state index is 0. The maximum absolute atomic E-state index is 12.4. The molecule has 2 aromatic rings. The second kappa shape index (κ2) is 11.1. The maximum Gasteiger partial charge on any atom is 0.387 e. The average Bonchev–Trinajstić information content (AvgIpc) is 2.56. The topological polar surface area (TPSA) is 45.7 Å². The van der Waals surface area contributed by atoms with Gasteiger partial charge in [-0.15, -0.1) is 24.0 Å². The number of halogens is 4. The van der Waals surface area contributed by atoms with Gasteiger partial charge in [-0.1, -0.05) is 41.9 Å². The number of para-hydroxylation sites is 1.